The van der Waals surface area contributed by atoms with E-state index in [4.69, 9.17) is 23.7 Å². The van der Waals surface area contributed by atoms with Gasteiger partial charge in [-0.2, -0.15) is 0 Å². The Morgan fingerprint density at radius 3 is 1.84 bits per heavy atom. The van der Waals surface area contributed by atoms with E-state index < -0.39 is 0 Å². The Morgan fingerprint density at radius 2 is 1.31 bits per heavy atom. The Morgan fingerprint density at radius 1 is 0.812 bits per heavy atom. The molecule has 1 aliphatic heterocycles. The fourth-order valence-electron chi connectivity index (χ4n) is 3.35. The number of amides is 1. The number of carbonyl (C=O) groups is 2. The summed E-state index contributed by atoms with van der Waals surface area (Å²) in [5.74, 6) is -1.00. The van der Waals surface area contributed by atoms with E-state index in [9.17, 15) is 9.59 Å². The van der Waals surface area contributed by atoms with E-state index in [-0.39, 0.29) is 30.3 Å². The largest absolute Gasteiger partial charge is 0.461 e. The van der Waals surface area contributed by atoms with Crippen molar-refractivity contribution in [2.24, 2.45) is 11.8 Å². The maximum atomic E-state index is 13.0. The Kier molecular flexibility index (Phi) is 12.9. The van der Waals surface area contributed by atoms with Crippen LogP contribution in [0.4, 0.5) is 0 Å². The maximum absolute atomic E-state index is 13.0. The molecule has 0 bridgehead atoms. The van der Waals surface area contributed by atoms with Crippen LogP contribution in [-0.4, -0.2) is 82.7 Å². The fraction of sp³-hybridized carbons (Fsp3) is 0.667. The number of benzene rings is 1. The molecular weight excluding hydrogens is 414 g/mol. The lowest BCUT2D eigenvalue weighted by Gasteiger charge is -2.26. The molecule has 8 heteroatoms. The molecule has 32 heavy (non-hydrogen) atoms. The van der Waals surface area contributed by atoms with Gasteiger partial charge >= 0.3 is 5.97 Å². The molecule has 1 fully saturated rings. The second-order valence-corrected chi connectivity index (χ2v) is 7.91. The van der Waals surface area contributed by atoms with Crippen molar-refractivity contribution in [3.63, 3.8) is 0 Å². The molecule has 1 aromatic carbocycles. The molecule has 1 aliphatic rings. The van der Waals surface area contributed by atoms with Gasteiger partial charge in [-0.05, 0) is 12.0 Å². The van der Waals surface area contributed by atoms with Crippen molar-refractivity contribution in [1.29, 1.82) is 0 Å². The van der Waals surface area contributed by atoms with Crippen molar-refractivity contribution in [2.45, 2.75) is 26.9 Å². The number of ether oxygens (including phenoxy) is 5. The lowest BCUT2D eigenvalue weighted by atomic mass is 9.96. The summed E-state index contributed by atoms with van der Waals surface area (Å²) in [7, 11) is 0. The molecule has 0 N–H and O–H groups in total. The number of esters is 1. The second kappa shape index (κ2) is 15.7. The van der Waals surface area contributed by atoms with Crippen LogP contribution in [0, 0.1) is 11.8 Å². The van der Waals surface area contributed by atoms with Crippen molar-refractivity contribution < 1.29 is 33.3 Å². The highest BCUT2D eigenvalue weighted by Crippen LogP contribution is 2.17. The van der Waals surface area contributed by atoms with E-state index in [1.807, 2.05) is 37.3 Å². The Labute approximate surface area is 191 Å². The SMILES string of the molecule is C[C@H](C[C@@H](C)C(=O)N1CCOCCOCCOCCOCC1)C(=O)OCc1ccccc1. The van der Waals surface area contributed by atoms with Crippen molar-refractivity contribution in [1.82, 2.24) is 4.90 Å². The molecule has 8 nitrogen and oxygen atoms in total. The average molecular weight is 452 g/mol. The van der Waals surface area contributed by atoms with E-state index in [1.54, 1.807) is 11.8 Å². The highest BCUT2D eigenvalue weighted by atomic mass is 16.6. The summed E-state index contributed by atoms with van der Waals surface area (Å²) in [6.45, 7) is 8.65. The zero-order valence-electron chi connectivity index (χ0n) is 19.3. The molecule has 0 aliphatic carbocycles. The van der Waals surface area contributed by atoms with Crippen LogP contribution in [0.1, 0.15) is 25.8 Å². The van der Waals surface area contributed by atoms with Crippen LogP contribution < -0.4 is 0 Å². The van der Waals surface area contributed by atoms with Gasteiger partial charge in [0, 0.05) is 19.0 Å². The summed E-state index contributed by atoms with van der Waals surface area (Å²) in [5, 5.41) is 0. The van der Waals surface area contributed by atoms with Crippen molar-refractivity contribution >= 4 is 11.9 Å². The quantitative estimate of drug-likeness (QED) is 0.614. The molecule has 180 valence electrons. The average Bonchev–Trinajstić information content (AvgIpc) is 2.82. The van der Waals surface area contributed by atoms with Crippen molar-refractivity contribution in [3.8, 4) is 0 Å². The van der Waals surface area contributed by atoms with Crippen molar-refractivity contribution in [3.05, 3.63) is 35.9 Å². The summed E-state index contributed by atoms with van der Waals surface area (Å²) >= 11 is 0. The molecule has 1 amide bonds. The Bertz CT molecular complexity index is 639. The number of nitrogens with zero attached hydrogens (tertiary/aromatic N) is 1. The first-order valence-corrected chi connectivity index (χ1v) is 11.4. The minimum absolute atomic E-state index is 0.0169. The summed E-state index contributed by atoms with van der Waals surface area (Å²) < 4.78 is 27.4. The summed E-state index contributed by atoms with van der Waals surface area (Å²) in [5.41, 5.74) is 0.939. The van der Waals surface area contributed by atoms with Crippen LogP contribution in [0.3, 0.4) is 0 Å². The monoisotopic (exact) mass is 451 g/mol. The lowest BCUT2D eigenvalue weighted by molar-refractivity contribution is -0.150. The van der Waals surface area contributed by atoms with Gasteiger partial charge in [-0.15, -0.1) is 0 Å². The highest BCUT2D eigenvalue weighted by Gasteiger charge is 2.25. The summed E-state index contributed by atoms with van der Waals surface area (Å²) in [4.78, 5) is 27.2. The number of carbonyl (C=O) groups excluding carboxylic acids is 2. The molecule has 1 aromatic rings. The van der Waals surface area contributed by atoms with Gasteiger partial charge in [0.15, 0.2) is 0 Å². The predicted molar refractivity (Wildman–Crippen MR) is 119 cm³/mol. The molecule has 0 radical (unpaired) electrons. The van der Waals surface area contributed by atoms with E-state index in [0.29, 0.717) is 72.4 Å². The van der Waals surface area contributed by atoms with Gasteiger partial charge in [-0.3, -0.25) is 9.59 Å². The van der Waals surface area contributed by atoms with Gasteiger partial charge in [-0.25, -0.2) is 0 Å². The van der Waals surface area contributed by atoms with Gasteiger partial charge in [0.25, 0.3) is 0 Å². The van der Waals surface area contributed by atoms with Gasteiger partial charge in [0.1, 0.15) is 6.61 Å². The first kappa shape index (κ1) is 26.3. The summed E-state index contributed by atoms with van der Waals surface area (Å²) in [6, 6.07) is 9.55. The zero-order valence-corrected chi connectivity index (χ0v) is 19.3. The number of hydrogen-bond donors (Lipinski definition) is 0. The third kappa shape index (κ3) is 10.5. The topological polar surface area (TPSA) is 83.5 Å². The van der Waals surface area contributed by atoms with Crippen LogP contribution in [0.2, 0.25) is 0 Å². The highest BCUT2D eigenvalue weighted by molar-refractivity contribution is 5.80. The minimum atomic E-state index is -0.372. The van der Waals surface area contributed by atoms with Crippen LogP contribution >= 0.6 is 0 Å². The standard InChI is InChI=1S/C24H37NO7/c1-20(18-21(2)24(27)32-19-22-6-4-3-5-7-22)23(26)25-8-10-28-12-14-30-16-17-31-15-13-29-11-9-25/h3-7,20-21H,8-19H2,1-2H3/t20-,21-/m1/s1. The molecular formula is C24H37NO7. The molecule has 1 saturated heterocycles. The maximum Gasteiger partial charge on any atom is 0.309 e. The third-order valence-electron chi connectivity index (χ3n) is 5.19. The smallest absolute Gasteiger partial charge is 0.309 e. The Hall–Kier alpha value is -2.00. The fourth-order valence-corrected chi connectivity index (χ4v) is 3.35. The van der Waals surface area contributed by atoms with E-state index in [2.05, 4.69) is 0 Å². The van der Waals surface area contributed by atoms with Gasteiger partial charge in [-0.1, -0.05) is 44.2 Å². The van der Waals surface area contributed by atoms with Crippen molar-refractivity contribution in [2.75, 3.05) is 65.9 Å². The first-order chi connectivity index (χ1) is 15.6. The number of rotatable bonds is 6. The molecule has 2 rings (SSSR count). The van der Waals surface area contributed by atoms with Gasteiger partial charge in [0.05, 0.1) is 58.8 Å². The van der Waals surface area contributed by atoms with Gasteiger partial charge in [0.2, 0.25) is 5.91 Å². The van der Waals surface area contributed by atoms with Crippen LogP contribution in [0.5, 0.6) is 0 Å². The first-order valence-electron chi connectivity index (χ1n) is 11.4. The number of hydrogen-bond acceptors (Lipinski definition) is 7. The van der Waals surface area contributed by atoms with Crippen LogP contribution in [0.15, 0.2) is 30.3 Å². The normalized spacial score (nSPS) is 19.2. The van der Waals surface area contributed by atoms with Crippen LogP contribution in [0.25, 0.3) is 0 Å². The lowest BCUT2D eigenvalue weighted by Crippen LogP contribution is -2.40. The van der Waals surface area contributed by atoms with E-state index in [0.717, 1.165) is 5.56 Å². The van der Waals surface area contributed by atoms with Gasteiger partial charge < -0.3 is 28.6 Å². The summed E-state index contributed by atoms with van der Waals surface area (Å²) in [6.07, 6.45) is 0.423. The second-order valence-electron chi connectivity index (χ2n) is 7.91. The predicted octanol–water partition coefficient (Wildman–Crippen LogP) is 2.30. The molecule has 2 atom stereocenters. The van der Waals surface area contributed by atoms with E-state index in [1.165, 1.54) is 0 Å². The van der Waals surface area contributed by atoms with E-state index >= 15 is 0 Å². The molecule has 0 saturated carbocycles. The molecule has 0 unspecified atom stereocenters. The third-order valence-corrected chi connectivity index (χ3v) is 5.19. The Balaban J connectivity index is 1.80. The van der Waals surface area contributed by atoms with Crippen LogP contribution in [-0.2, 0) is 39.9 Å². The molecule has 0 aromatic heterocycles. The minimum Gasteiger partial charge on any atom is -0.461 e. The molecule has 0 spiro atoms. The molecule has 1 heterocycles. The zero-order chi connectivity index (χ0) is 23.0.